The van der Waals surface area contributed by atoms with Gasteiger partial charge in [0.25, 0.3) is 0 Å². The molecule has 0 fully saturated rings. The summed E-state index contributed by atoms with van der Waals surface area (Å²) in [5.74, 6) is -0.511. The molecule has 0 aromatic rings. The summed E-state index contributed by atoms with van der Waals surface area (Å²) < 4.78 is 5.92. The molecule has 1 amide bonds. The minimum atomic E-state index is -0.796. The third kappa shape index (κ3) is 44.4. The van der Waals surface area contributed by atoms with Gasteiger partial charge in [-0.15, -0.1) is 0 Å². The number of carbonyl (C=O) groups is 2. The molecular weight excluding hydrogens is 767 g/mol. The molecule has 0 spiro atoms. The second-order valence-electron chi connectivity index (χ2n) is 18.2. The van der Waals surface area contributed by atoms with Crippen LogP contribution in [-0.2, 0) is 14.3 Å². The van der Waals surface area contributed by atoms with Crippen LogP contribution in [0.3, 0.4) is 0 Å². The van der Waals surface area contributed by atoms with Gasteiger partial charge in [0.1, 0.15) is 6.10 Å². The van der Waals surface area contributed by atoms with Gasteiger partial charge < -0.3 is 20.3 Å². The van der Waals surface area contributed by atoms with E-state index in [0.717, 1.165) is 83.5 Å². The topological polar surface area (TPSA) is 95.9 Å². The molecular formula is C56H103NO5. The maximum absolute atomic E-state index is 13.2. The SMILES string of the molecule is CC/C=C/C/C=C/C/C=C/CCCCCCCCC(=O)OC(CCC/C=C\CCCCCCCCC)CC(=O)NC(CO)C(O)CCCCCCCCCCCCCCCCC. The third-order valence-corrected chi connectivity index (χ3v) is 12.1. The van der Waals surface area contributed by atoms with E-state index < -0.39 is 18.2 Å². The minimum absolute atomic E-state index is 0.0523. The van der Waals surface area contributed by atoms with Crippen LogP contribution in [0.25, 0.3) is 0 Å². The average Bonchev–Trinajstić information content (AvgIpc) is 3.26. The van der Waals surface area contributed by atoms with Crippen LogP contribution in [-0.4, -0.2) is 46.9 Å². The normalized spacial score (nSPS) is 13.6. The summed E-state index contributed by atoms with van der Waals surface area (Å²) >= 11 is 0. The second-order valence-corrected chi connectivity index (χ2v) is 18.2. The van der Waals surface area contributed by atoms with Crippen LogP contribution in [0.15, 0.2) is 48.6 Å². The van der Waals surface area contributed by atoms with E-state index in [1.165, 1.54) is 141 Å². The zero-order valence-electron chi connectivity index (χ0n) is 41.3. The Morgan fingerprint density at radius 2 is 0.887 bits per heavy atom. The van der Waals surface area contributed by atoms with E-state index in [0.29, 0.717) is 19.3 Å². The summed E-state index contributed by atoms with van der Waals surface area (Å²) in [5.41, 5.74) is 0. The number of hydrogen-bond acceptors (Lipinski definition) is 5. The molecule has 0 saturated heterocycles. The molecule has 3 N–H and O–H groups in total. The molecule has 0 aliphatic carbocycles. The maximum Gasteiger partial charge on any atom is 0.306 e. The number of hydrogen-bond donors (Lipinski definition) is 3. The number of nitrogens with one attached hydrogen (secondary N) is 1. The molecule has 0 heterocycles. The number of ether oxygens (including phenoxy) is 1. The Balaban J connectivity index is 4.56. The Morgan fingerprint density at radius 1 is 0.484 bits per heavy atom. The lowest BCUT2D eigenvalue weighted by Gasteiger charge is -2.24. The molecule has 362 valence electrons. The number of esters is 1. The molecule has 0 radical (unpaired) electrons. The monoisotopic (exact) mass is 870 g/mol. The van der Waals surface area contributed by atoms with Gasteiger partial charge in [0.05, 0.1) is 25.2 Å². The van der Waals surface area contributed by atoms with Crippen molar-refractivity contribution in [3.8, 4) is 0 Å². The number of aliphatic hydroxyl groups is 2. The van der Waals surface area contributed by atoms with E-state index in [1.807, 2.05) is 0 Å². The molecule has 3 unspecified atom stereocenters. The quantitative estimate of drug-likeness (QED) is 0.0322. The van der Waals surface area contributed by atoms with Crippen molar-refractivity contribution in [1.82, 2.24) is 5.32 Å². The molecule has 6 nitrogen and oxygen atoms in total. The predicted molar refractivity (Wildman–Crippen MR) is 269 cm³/mol. The Labute approximate surface area is 385 Å². The van der Waals surface area contributed by atoms with E-state index in [9.17, 15) is 19.8 Å². The van der Waals surface area contributed by atoms with Gasteiger partial charge in [0.15, 0.2) is 0 Å². The fourth-order valence-electron chi connectivity index (χ4n) is 8.09. The van der Waals surface area contributed by atoms with Crippen molar-refractivity contribution in [3.05, 3.63) is 48.6 Å². The van der Waals surface area contributed by atoms with Gasteiger partial charge in [-0.3, -0.25) is 9.59 Å². The van der Waals surface area contributed by atoms with E-state index >= 15 is 0 Å². The summed E-state index contributed by atoms with van der Waals surface area (Å²) in [4.78, 5) is 26.2. The van der Waals surface area contributed by atoms with E-state index in [2.05, 4.69) is 74.7 Å². The summed E-state index contributed by atoms with van der Waals surface area (Å²) in [5, 5.41) is 23.8. The minimum Gasteiger partial charge on any atom is -0.462 e. The first-order chi connectivity index (χ1) is 30.5. The second kappa shape index (κ2) is 49.8. The van der Waals surface area contributed by atoms with Gasteiger partial charge in [-0.1, -0.05) is 230 Å². The summed E-state index contributed by atoms with van der Waals surface area (Å²) in [6.45, 7) is 6.37. The van der Waals surface area contributed by atoms with Crippen molar-refractivity contribution in [2.45, 2.75) is 289 Å². The van der Waals surface area contributed by atoms with Crippen molar-refractivity contribution < 1.29 is 24.5 Å². The number of unbranched alkanes of at least 4 members (excludes halogenated alkanes) is 28. The largest absolute Gasteiger partial charge is 0.462 e. The van der Waals surface area contributed by atoms with Crippen molar-refractivity contribution in [3.63, 3.8) is 0 Å². The lowest BCUT2D eigenvalue weighted by Crippen LogP contribution is -2.46. The number of carbonyl (C=O) groups excluding carboxylic acids is 2. The fraction of sp³-hybridized carbons (Fsp3) is 0.821. The smallest absolute Gasteiger partial charge is 0.306 e. The molecule has 62 heavy (non-hydrogen) atoms. The van der Waals surface area contributed by atoms with Crippen LogP contribution < -0.4 is 5.32 Å². The van der Waals surface area contributed by atoms with Gasteiger partial charge in [0.2, 0.25) is 5.91 Å². The number of allylic oxidation sites excluding steroid dienone is 8. The van der Waals surface area contributed by atoms with Crippen LogP contribution in [0, 0.1) is 0 Å². The number of rotatable bonds is 48. The van der Waals surface area contributed by atoms with Crippen molar-refractivity contribution in [2.75, 3.05) is 6.61 Å². The first-order valence-corrected chi connectivity index (χ1v) is 26.9. The van der Waals surface area contributed by atoms with Crippen LogP contribution >= 0.6 is 0 Å². The van der Waals surface area contributed by atoms with Crippen molar-refractivity contribution >= 4 is 11.9 Å². The molecule has 3 atom stereocenters. The zero-order valence-corrected chi connectivity index (χ0v) is 41.3. The number of aliphatic hydroxyl groups excluding tert-OH is 2. The van der Waals surface area contributed by atoms with Gasteiger partial charge in [-0.2, -0.15) is 0 Å². The molecule has 0 bridgehead atoms. The fourth-order valence-corrected chi connectivity index (χ4v) is 8.09. The van der Waals surface area contributed by atoms with Crippen LogP contribution in [0.5, 0.6) is 0 Å². The molecule has 0 aliphatic heterocycles. The summed E-state index contributed by atoms with van der Waals surface area (Å²) in [7, 11) is 0. The summed E-state index contributed by atoms with van der Waals surface area (Å²) in [6.07, 6.45) is 60.3. The Bertz CT molecular complexity index is 1070. The molecule has 0 aliphatic rings. The van der Waals surface area contributed by atoms with E-state index in [1.54, 1.807) is 0 Å². The standard InChI is InChI=1S/C56H103NO5/c1-4-7-10-13-16-19-22-25-27-29-31-34-37-40-43-46-49-56(61)62-52(47-44-41-38-35-32-24-21-18-15-12-9-6-3)50-55(60)57-53(51-58)54(59)48-45-42-39-36-33-30-28-26-23-20-17-14-11-8-5-2/h7,10,16,19,25,27,35,38,52-54,58-59H,4-6,8-9,11-15,17-18,20-24,26,28-34,36-37,39-51H2,1-3H3,(H,57,60)/b10-7+,19-16+,27-25+,38-35-. The summed E-state index contributed by atoms with van der Waals surface area (Å²) in [6, 6.07) is -0.712. The van der Waals surface area contributed by atoms with Crippen molar-refractivity contribution in [2.24, 2.45) is 0 Å². The lowest BCUT2D eigenvalue weighted by molar-refractivity contribution is -0.151. The Morgan fingerprint density at radius 3 is 1.37 bits per heavy atom. The highest BCUT2D eigenvalue weighted by Gasteiger charge is 2.24. The first-order valence-electron chi connectivity index (χ1n) is 26.9. The first kappa shape index (κ1) is 59.8. The lowest BCUT2D eigenvalue weighted by atomic mass is 10.0. The van der Waals surface area contributed by atoms with Gasteiger partial charge >= 0.3 is 5.97 Å². The third-order valence-electron chi connectivity index (χ3n) is 12.1. The average molecular weight is 870 g/mol. The zero-order chi connectivity index (χ0) is 45.2. The molecule has 0 rings (SSSR count). The van der Waals surface area contributed by atoms with Gasteiger partial charge in [-0.25, -0.2) is 0 Å². The van der Waals surface area contributed by atoms with Gasteiger partial charge in [0, 0.05) is 6.42 Å². The van der Waals surface area contributed by atoms with Crippen LogP contribution in [0.2, 0.25) is 0 Å². The molecule has 0 aromatic carbocycles. The molecule has 6 heteroatoms. The Hall–Kier alpha value is -2.18. The van der Waals surface area contributed by atoms with E-state index in [4.69, 9.17) is 4.74 Å². The molecule has 0 saturated carbocycles. The predicted octanol–water partition coefficient (Wildman–Crippen LogP) is 16.2. The molecule has 0 aromatic heterocycles. The highest BCUT2D eigenvalue weighted by atomic mass is 16.5. The van der Waals surface area contributed by atoms with Crippen LogP contribution in [0.1, 0.15) is 271 Å². The highest BCUT2D eigenvalue weighted by Crippen LogP contribution is 2.17. The van der Waals surface area contributed by atoms with Crippen LogP contribution in [0.4, 0.5) is 0 Å². The maximum atomic E-state index is 13.2. The number of amides is 1. The van der Waals surface area contributed by atoms with Gasteiger partial charge in [-0.05, 0) is 77.0 Å². The highest BCUT2D eigenvalue weighted by molar-refractivity contribution is 5.77. The van der Waals surface area contributed by atoms with E-state index in [-0.39, 0.29) is 24.9 Å². The van der Waals surface area contributed by atoms with Crippen molar-refractivity contribution in [1.29, 1.82) is 0 Å². The Kier molecular flexibility index (Phi) is 48.1.